The van der Waals surface area contributed by atoms with Crippen LogP contribution in [0.3, 0.4) is 0 Å². The van der Waals surface area contributed by atoms with Crippen LogP contribution >= 0.6 is 0 Å². The van der Waals surface area contributed by atoms with Gasteiger partial charge in [0.15, 0.2) is 0 Å². The highest BCUT2D eigenvalue weighted by Gasteiger charge is 2.38. The number of amides is 1. The molecule has 0 radical (unpaired) electrons. The van der Waals surface area contributed by atoms with E-state index in [1.165, 1.54) is 7.11 Å². The van der Waals surface area contributed by atoms with E-state index in [0.717, 1.165) is 12.0 Å². The Labute approximate surface area is 106 Å². The molecule has 1 aliphatic carbocycles. The van der Waals surface area contributed by atoms with Gasteiger partial charge in [-0.05, 0) is 30.0 Å². The van der Waals surface area contributed by atoms with Gasteiger partial charge < -0.3 is 10.1 Å². The fourth-order valence-electron chi connectivity index (χ4n) is 1.88. The summed E-state index contributed by atoms with van der Waals surface area (Å²) in [6, 6.07) is 7.05. The normalized spacial score (nSPS) is 21.2. The summed E-state index contributed by atoms with van der Waals surface area (Å²) in [4.78, 5) is 22.9. The number of carbonyl (C=O) groups is 2. The predicted octanol–water partition coefficient (Wildman–Crippen LogP) is 1.75. The van der Waals surface area contributed by atoms with Crippen molar-refractivity contribution < 1.29 is 14.3 Å². The van der Waals surface area contributed by atoms with Gasteiger partial charge in [-0.1, -0.05) is 19.1 Å². The van der Waals surface area contributed by atoms with Crippen molar-refractivity contribution in [2.24, 2.45) is 11.8 Å². The number of esters is 1. The molecular weight excluding hydrogens is 230 g/mol. The third-order valence-electron chi connectivity index (χ3n) is 3.29. The van der Waals surface area contributed by atoms with Crippen LogP contribution in [0.15, 0.2) is 24.3 Å². The molecule has 0 bridgehead atoms. The summed E-state index contributed by atoms with van der Waals surface area (Å²) in [6.45, 7) is 2.58. The van der Waals surface area contributed by atoms with Gasteiger partial charge >= 0.3 is 5.97 Å². The van der Waals surface area contributed by atoms with Gasteiger partial charge in [-0.25, -0.2) is 4.79 Å². The quantitative estimate of drug-likeness (QED) is 0.825. The molecule has 1 amide bonds. The van der Waals surface area contributed by atoms with E-state index in [4.69, 9.17) is 0 Å². The second-order valence-corrected chi connectivity index (χ2v) is 4.73. The van der Waals surface area contributed by atoms with E-state index >= 15 is 0 Å². The number of rotatable bonds is 4. The lowest BCUT2D eigenvalue weighted by atomic mass is 10.1. The maximum atomic E-state index is 11.6. The van der Waals surface area contributed by atoms with E-state index in [1.54, 1.807) is 12.1 Å². The van der Waals surface area contributed by atoms with Crippen molar-refractivity contribution in [3.05, 3.63) is 35.4 Å². The minimum absolute atomic E-state index is 0.125. The van der Waals surface area contributed by atoms with Crippen LogP contribution in [0.2, 0.25) is 0 Å². The van der Waals surface area contributed by atoms with Crippen LogP contribution in [-0.4, -0.2) is 19.0 Å². The number of hydrogen-bond acceptors (Lipinski definition) is 3. The first-order valence-corrected chi connectivity index (χ1v) is 6.06. The Bertz CT molecular complexity index is 453. The van der Waals surface area contributed by atoms with E-state index < -0.39 is 0 Å². The van der Waals surface area contributed by atoms with Crippen molar-refractivity contribution in [3.8, 4) is 0 Å². The Balaban J connectivity index is 1.86. The van der Waals surface area contributed by atoms with E-state index in [2.05, 4.69) is 17.0 Å². The molecule has 0 aromatic heterocycles. The number of benzene rings is 1. The van der Waals surface area contributed by atoms with Crippen LogP contribution < -0.4 is 5.32 Å². The second-order valence-electron chi connectivity index (χ2n) is 4.73. The maximum absolute atomic E-state index is 11.6. The number of ether oxygens (including phenoxy) is 1. The van der Waals surface area contributed by atoms with Crippen LogP contribution in [0.1, 0.15) is 29.3 Å². The highest BCUT2D eigenvalue weighted by Crippen LogP contribution is 2.37. The van der Waals surface area contributed by atoms with Gasteiger partial charge in [0.2, 0.25) is 5.91 Å². The smallest absolute Gasteiger partial charge is 0.337 e. The fraction of sp³-hybridized carbons (Fsp3) is 0.429. The van der Waals surface area contributed by atoms with E-state index in [-0.39, 0.29) is 17.8 Å². The van der Waals surface area contributed by atoms with Crippen LogP contribution in [0.25, 0.3) is 0 Å². The van der Waals surface area contributed by atoms with Crippen LogP contribution in [0, 0.1) is 11.8 Å². The minimum atomic E-state index is -0.350. The number of nitrogens with one attached hydrogen (secondary N) is 1. The Morgan fingerprint density at radius 3 is 2.44 bits per heavy atom. The molecule has 1 aromatic carbocycles. The summed E-state index contributed by atoms with van der Waals surface area (Å²) < 4.78 is 4.62. The Morgan fingerprint density at radius 2 is 1.94 bits per heavy atom. The third-order valence-corrected chi connectivity index (χ3v) is 3.29. The summed E-state index contributed by atoms with van der Waals surface area (Å²) in [6.07, 6.45) is 0.993. The summed E-state index contributed by atoms with van der Waals surface area (Å²) in [7, 11) is 1.35. The average molecular weight is 247 g/mol. The third kappa shape index (κ3) is 2.88. The van der Waals surface area contributed by atoms with Crippen LogP contribution in [-0.2, 0) is 16.1 Å². The topological polar surface area (TPSA) is 55.4 Å². The van der Waals surface area contributed by atoms with Crippen molar-refractivity contribution in [2.75, 3.05) is 7.11 Å². The molecule has 0 saturated heterocycles. The van der Waals surface area contributed by atoms with Gasteiger partial charge in [0.05, 0.1) is 12.7 Å². The minimum Gasteiger partial charge on any atom is -0.465 e. The van der Waals surface area contributed by atoms with Crippen LogP contribution in [0.5, 0.6) is 0 Å². The predicted molar refractivity (Wildman–Crippen MR) is 66.9 cm³/mol. The van der Waals surface area contributed by atoms with Crippen molar-refractivity contribution in [1.82, 2.24) is 5.32 Å². The molecule has 96 valence electrons. The molecule has 1 aromatic rings. The zero-order valence-corrected chi connectivity index (χ0v) is 10.6. The Kier molecular flexibility index (Phi) is 3.65. The molecule has 4 nitrogen and oxygen atoms in total. The summed E-state index contributed by atoms with van der Waals surface area (Å²) in [5.74, 6) is 0.489. The zero-order chi connectivity index (χ0) is 13.1. The molecule has 4 heteroatoms. The van der Waals surface area contributed by atoms with Crippen molar-refractivity contribution in [3.63, 3.8) is 0 Å². The monoisotopic (exact) mass is 247 g/mol. The van der Waals surface area contributed by atoms with E-state index in [9.17, 15) is 9.59 Å². The first kappa shape index (κ1) is 12.6. The number of methoxy groups -OCH3 is 1. The molecule has 1 aliphatic rings. The first-order valence-electron chi connectivity index (χ1n) is 6.06. The highest BCUT2D eigenvalue weighted by atomic mass is 16.5. The van der Waals surface area contributed by atoms with Crippen molar-refractivity contribution >= 4 is 11.9 Å². The van der Waals surface area contributed by atoms with Crippen molar-refractivity contribution in [1.29, 1.82) is 0 Å². The molecule has 18 heavy (non-hydrogen) atoms. The van der Waals surface area contributed by atoms with Gasteiger partial charge in [0.1, 0.15) is 0 Å². The van der Waals surface area contributed by atoms with E-state index in [0.29, 0.717) is 18.0 Å². The van der Waals surface area contributed by atoms with Gasteiger partial charge in [0, 0.05) is 12.5 Å². The SMILES string of the molecule is COC(=O)c1ccc(CNC(=O)C2CC2C)cc1. The molecule has 0 heterocycles. The van der Waals surface area contributed by atoms with E-state index in [1.807, 2.05) is 12.1 Å². The number of hydrogen-bond donors (Lipinski definition) is 1. The lowest BCUT2D eigenvalue weighted by Crippen LogP contribution is -2.24. The summed E-state index contributed by atoms with van der Waals surface area (Å²) in [5, 5.41) is 2.90. The lowest BCUT2D eigenvalue weighted by Gasteiger charge is -2.05. The summed E-state index contributed by atoms with van der Waals surface area (Å²) in [5.41, 5.74) is 1.49. The molecule has 0 spiro atoms. The molecule has 2 rings (SSSR count). The first-order chi connectivity index (χ1) is 8.61. The largest absolute Gasteiger partial charge is 0.465 e. The molecule has 2 unspecified atom stereocenters. The van der Waals surface area contributed by atoms with Crippen molar-refractivity contribution in [2.45, 2.75) is 19.9 Å². The molecule has 1 fully saturated rings. The molecule has 1 N–H and O–H groups in total. The van der Waals surface area contributed by atoms with Crippen LogP contribution in [0.4, 0.5) is 0 Å². The molecule has 2 atom stereocenters. The molecule has 0 aliphatic heterocycles. The Hall–Kier alpha value is -1.84. The average Bonchev–Trinajstić information content (AvgIpc) is 3.13. The Morgan fingerprint density at radius 1 is 1.33 bits per heavy atom. The van der Waals surface area contributed by atoms with Gasteiger partial charge in [-0.3, -0.25) is 4.79 Å². The number of carbonyl (C=O) groups excluding carboxylic acids is 2. The van der Waals surface area contributed by atoms with Gasteiger partial charge in [0.25, 0.3) is 0 Å². The second kappa shape index (κ2) is 5.21. The maximum Gasteiger partial charge on any atom is 0.337 e. The standard InChI is InChI=1S/C14H17NO3/c1-9-7-12(9)13(16)15-8-10-3-5-11(6-4-10)14(17)18-2/h3-6,9,12H,7-8H2,1-2H3,(H,15,16). The van der Waals surface area contributed by atoms with Gasteiger partial charge in [-0.2, -0.15) is 0 Å². The molecular formula is C14H17NO3. The van der Waals surface area contributed by atoms with Gasteiger partial charge in [-0.15, -0.1) is 0 Å². The highest BCUT2D eigenvalue weighted by molar-refractivity contribution is 5.89. The lowest BCUT2D eigenvalue weighted by molar-refractivity contribution is -0.122. The summed E-state index contributed by atoms with van der Waals surface area (Å²) >= 11 is 0. The zero-order valence-electron chi connectivity index (χ0n) is 10.6. The molecule has 1 saturated carbocycles. The fourth-order valence-corrected chi connectivity index (χ4v) is 1.88.